The van der Waals surface area contributed by atoms with Gasteiger partial charge in [0.2, 0.25) is 0 Å². The van der Waals surface area contributed by atoms with Crippen LogP contribution in [0.15, 0.2) is 18.2 Å². The number of nitro groups is 1. The van der Waals surface area contributed by atoms with Crippen molar-refractivity contribution in [1.29, 1.82) is 0 Å². The van der Waals surface area contributed by atoms with Crippen LogP contribution in [0, 0.1) is 15.9 Å². The van der Waals surface area contributed by atoms with Crippen LogP contribution in [0.25, 0.3) is 0 Å². The van der Waals surface area contributed by atoms with Crippen LogP contribution in [0.1, 0.15) is 30.1 Å². The Labute approximate surface area is 121 Å². The van der Waals surface area contributed by atoms with Crippen molar-refractivity contribution in [3.63, 3.8) is 0 Å². The molecule has 1 unspecified atom stereocenters. The van der Waals surface area contributed by atoms with E-state index >= 15 is 0 Å². The van der Waals surface area contributed by atoms with E-state index in [1.807, 2.05) is 6.92 Å². The number of halogens is 1. The van der Waals surface area contributed by atoms with Gasteiger partial charge in [0, 0.05) is 31.8 Å². The molecule has 1 aliphatic rings. The molecule has 1 aromatic carbocycles. The van der Waals surface area contributed by atoms with Crippen molar-refractivity contribution in [2.45, 2.75) is 25.9 Å². The number of non-ortho nitro benzene ring substituents is 1. The maximum Gasteiger partial charge on any atom is 0.270 e. The van der Waals surface area contributed by atoms with Gasteiger partial charge in [-0.2, -0.15) is 0 Å². The van der Waals surface area contributed by atoms with E-state index in [1.54, 1.807) is 0 Å². The third-order valence-corrected chi connectivity index (χ3v) is 3.46. The van der Waals surface area contributed by atoms with Crippen molar-refractivity contribution < 1.29 is 18.8 Å². The lowest BCUT2D eigenvalue weighted by atomic mass is 10.1. The minimum atomic E-state index is -0.746. The molecule has 0 aromatic heterocycles. The molecule has 1 fully saturated rings. The number of amides is 1. The Bertz CT molecular complexity index is 548. The normalized spacial score (nSPS) is 18.6. The molecule has 0 spiro atoms. The van der Waals surface area contributed by atoms with E-state index < -0.39 is 16.6 Å². The molecule has 1 aliphatic heterocycles. The minimum absolute atomic E-state index is 0.0607. The van der Waals surface area contributed by atoms with Gasteiger partial charge in [0.1, 0.15) is 5.82 Å². The highest BCUT2D eigenvalue weighted by atomic mass is 19.1. The second kappa shape index (κ2) is 6.62. The van der Waals surface area contributed by atoms with Crippen molar-refractivity contribution in [2.75, 3.05) is 19.7 Å². The number of carbonyl (C=O) groups excluding carboxylic acids is 1. The van der Waals surface area contributed by atoms with Gasteiger partial charge >= 0.3 is 0 Å². The Morgan fingerprint density at radius 1 is 1.57 bits per heavy atom. The van der Waals surface area contributed by atoms with Crippen LogP contribution < -0.4 is 0 Å². The first kappa shape index (κ1) is 15.4. The predicted octanol–water partition coefficient (Wildman–Crippen LogP) is 2.38. The number of carbonyl (C=O) groups is 1. The molecule has 6 nitrogen and oxygen atoms in total. The number of nitro benzene ring substituents is 1. The molecule has 1 amide bonds. The average molecular weight is 296 g/mol. The van der Waals surface area contributed by atoms with Crippen LogP contribution in [-0.2, 0) is 4.74 Å². The van der Waals surface area contributed by atoms with Crippen LogP contribution in [0.5, 0.6) is 0 Å². The van der Waals surface area contributed by atoms with Crippen molar-refractivity contribution in [2.24, 2.45) is 0 Å². The van der Waals surface area contributed by atoms with Crippen molar-refractivity contribution in [1.82, 2.24) is 4.90 Å². The summed E-state index contributed by atoms with van der Waals surface area (Å²) in [5, 5.41) is 10.7. The first-order valence-corrected chi connectivity index (χ1v) is 6.87. The first-order chi connectivity index (χ1) is 10.0. The number of hydrogen-bond acceptors (Lipinski definition) is 4. The zero-order chi connectivity index (χ0) is 15.4. The monoisotopic (exact) mass is 296 g/mol. The lowest BCUT2D eigenvalue weighted by Crippen LogP contribution is -2.43. The van der Waals surface area contributed by atoms with E-state index in [0.29, 0.717) is 19.7 Å². The van der Waals surface area contributed by atoms with Crippen molar-refractivity contribution >= 4 is 11.6 Å². The standard InChI is InChI=1S/C14H17FN2O4/c1-2-21-11-4-3-7-16(9-11)14(18)12-8-10(17(19)20)5-6-13(12)15/h5-6,8,11H,2-4,7,9H2,1H3. The van der Waals surface area contributed by atoms with Crippen LogP contribution in [0.2, 0.25) is 0 Å². The van der Waals surface area contributed by atoms with Gasteiger partial charge in [0.15, 0.2) is 0 Å². The molecule has 2 rings (SSSR count). The van der Waals surface area contributed by atoms with Gasteiger partial charge in [-0.15, -0.1) is 0 Å². The smallest absolute Gasteiger partial charge is 0.270 e. The van der Waals surface area contributed by atoms with Gasteiger partial charge in [-0.25, -0.2) is 4.39 Å². The number of nitrogens with zero attached hydrogens (tertiary/aromatic N) is 2. The zero-order valence-corrected chi connectivity index (χ0v) is 11.8. The maximum atomic E-state index is 13.8. The molecular weight excluding hydrogens is 279 g/mol. The lowest BCUT2D eigenvalue weighted by Gasteiger charge is -2.32. The van der Waals surface area contributed by atoms with Gasteiger partial charge in [-0.3, -0.25) is 14.9 Å². The summed E-state index contributed by atoms with van der Waals surface area (Å²) in [5.74, 6) is -1.27. The second-order valence-electron chi connectivity index (χ2n) is 4.89. The summed E-state index contributed by atoms with van der Waals surface area (Å²) in [6, 6.07) is 2.99. The number of likely N-dealkylation sites (tertiary alicyclic amines) is 1. The van der Waals surface area contributed by atoms with Crippen LogP contribution in [0.4, 0.5) is 10.1 Å². The molecule has 114 valence electrons. The molecule has 7 heteroatoms. The number of piperidine rings is 1. The molecule has 1 heterocycles. The number of benzene rings is 1. The number of rotatable bonds is 4. The Balaban J connectivity index is 2.19. The fourth-order valence-electron chi connectivity index (χ4n) is 2.46. The molecule has 1 atom stereocenters. The van der Waals surface area contributed by atoms with E-state index in [0.717, 1.165) is 31.0 Å². The summed E-state index contributed by atoms with van der Waals surface area (Å²) in [6.07, 6.45) is 1.57. The third kappa shape index (κ3) is 3.55. The van der Waals surface area contributed by atoms with Crippen molar-refractivity contribution in [3.8, 4) is 0 Å². The molecular formula is C14H17FN2O4. The van der Waals surface area contributed by atoms with E-state index in [-0.39, 0.29) is 17.4 Å². The fourth-order valence-corrected chi connectivity index (χ4v) is 2.46. The first-order valence-electron chi connectivity index (χ1n) is 6.87. The molecule has 0 N–H and O–H groups in total. The quantitative estimate of drug-likeness (QED) is 0.631. The topological polar surface area (TPSA) is 72.7 Å². The largest absolute Gasteiger partial charge is 0.377 e. The Morgan fingerprint density at radius 3 is 3.00 bits per heavy atom. The van der Waals surface area contributed by atoms with E-state index in [2.05, 4.69) is 0 Å². The molecule has 0 radical (unpaired) electrons. The van der Waals surface area contributed by atoms with Gasteiger partial charge in [-0.05, 0) is 25.8 Å². The SMILES string of the molecule is CCOC1CCCN(C(=O)c2cc([N+](=O)[O-])ccc2F)C1. The number of hydrogen-bond donors (Lipinski definition) is 0. The summed E-state index contributed by atoms with van der Waals surface area (Å²) in [7, 11) is 0. The highest BCUT2D eigenvalue weighted by molar-refractivity contribution is 5.95. The Morgan fingerprint density at radius 2 is 2.33 bits per heavy atom. The molecule has 0 saturated carbocycles. The summed E-state index contributed by atoms with van der Waals surface area (Å²) in [4.78, 5) is 23.9. The molecule has 1 saturated heterocycles. The van der Waals surface area contributed by atoms with Gasteiger partial charge in [-0.1, -0.05) is 0 Å². The van der Waals surface area contributed by atoms with Crippen molar-refractivity contribution in [3.05, 3.63) is 39.7 Å². The van der Waals surface area contributed by atoms with Crippen LogP contribution >= 0.6 is 0 Å². The lowest BCUT2D eigenvalue weighted by molar-refractivity contribution is -0.384. The predicted molar refractivity (Wildman–Crippen MR) is 73.6 cm³/mol. The minimum Gasteiger partial charge on any atom is -0.377 e. The molecule has 0 aliphatic carbocycles. The van der Waals surface area contributed by atoms with Crippen LogP contribution in [-0.4, -0.2) is 41.5 Å². The molecule has 1 aromatic rings. The van der Waals surface area contributed by atoms with E-state index in [4.69, 9.17) is 4.74 Å². The van der Waals surface area contributed by atoms with Gasteiger partial charge in [0.25, 0.3) is 11.6 Å². The third-order valence-electron chi connectivity index (χ3n) is 3.46. The van der Waals surface area contributed by atoms with Crippen LogP contribution in [0.3, 0.4) is 0 Å². The molecule has 0 bridgehead atoms. The summed E-state index contributed by atoms with van der Waals surface area (Å²) < 4.78 is 19.3. The van der Waals surface area contributed by atoms with E-state index in [9.17, 15) is 19.3 Å². The number of ether oxygens (including phenoxy) is 1. The van der Waals surface area contributed by atoms with E-state index in [1.165, 1.54) is 4.90 Å². The Hall–Kier alpha value is -2.02. The highest BCUT2D eigenvalue weighted by Crippen LogP contribution is 2.21. The maximum absolute atomic E-state index is 13.8. The zero-order valence-electron chi connectivity index (χ0n) is 11.8. The second-order valence-corrected chi connectivity index (χ2v) is 4.89. The fraction of sp³-hybridized carbons (Fsp3) is 0.500. The van der Waals surface area contributed by atoms with Gasteiger partial charge < -0.3 is 9.64 Å². The summed E-state index contributed by atoms with van der Waals surface area (Å²) in [6.45, 7) is 3.32. The highest BCUT2D eigenvalue weighted by Gasteiger charge is 2.27. The Kier molecular flexibility index (Phi) is 4.85. The van der Waals surface area contributed by atoms with Gasteiger partial charge in [0.05, 0.1) is 16.6 Å². The summed E-state index contributed by atoms with van der Waals surface area (Å²) in [5.41, 5.74) is -0.556. The molecule has 21 heavy (non-hydrogen) atoms. The summed E-state index contributed by atoms with van der Waals surface area (Å²) >= 11 is 0. The average Bonchev–Trinajstić information content (AvgIpc) is 2.47.